The van der Waals surface area contributed by atoms with Crippen LogP contribution in [-0.4, -0.2) is 38.8 Å². The fourth-order valence-corrected chi connectivity index (χ4v) is 1.08. The molecule has 1 unspecified atom stereocenters. The van der Waals surface area contributed by atoms with E-state index in [1.165, 1.54) is 19.4 Å². The summed E-state index contributed by atoms with van der Waals surface area (Å²) in [4.78, 5) is 2.40. The maximum absolute atomic E-state index is 4.25. The molecular weight excluding hydrogens is 126 g/mol. The number of ether oxygens (including phenoxy) is 1. The van der Waals surface area contributed by atoms with Gasteiger partial charge >= 0.3 is 0 Å². The van der Waals surface area contributed by atoms with Crippen molar-refractivity contribution in [1.29, 1.82) is 0 Å². The Kier molecular flexibility index (Phi) is 5.64. The summed E-state index contributed by atoms with van der Waals surface area (Å²) >= 11 is 0. The molecule has 0 N–H and O–H groups in total. The topological polar surface area (TPSA) is 12.5 Å². The SMILES string of the molecule is CC1CCCN1C.COC. The molecule has 1 saturated heterocycles. The van der Waals surface area contributed by atoms with Crippen LogP contribution in [-0.2, 0) is 4.74 Å². The summed E-state index contributed by atoms with van der Waals surface area (Å²) in [6, 6.07) is 0.847. The van der Waals surface area contributed by atoms with Crippen LogP contribution in [0.15, 0.2) is 0 Å². The van der Waals surface area contributed by atoms with E-state index in [1.807, 2.05) is 0 Å². The molecule has 1 atom stereocenters. The summed E-state index contributed by atoms with van der Waals surface area (Å²) in [7, 11) is 5.44. The van der Waals surface area contributed by atoms with Crippen molar-refractivity contribution in [2.24, 2.45) is 0 Å². The number of likely N-dealkylation sites (tertiary alicyclic amines) is 1. The fourth-order valence-electron chi connectivity index (χ4n) is 1.08. The zero-order valence-corrected chi connectivity index (χ0v) is 7.55. The molecule has 0 aromatic heterocycles. The second kappa shape index (κ2) is 5.69. The van der Waals surface area contributed by atoms with Gasteiger partial charge in [-0.1, -0.05) is 0 Å². The lowest BCUT2D eigenvalue weighted by molar-refractivity contribution is 0.277. The molecule has 2 heteroatoms. The largest absolute Gasteiger partial charge is 0.388 e. The van der Waals surface area contributed by atoms with E-state index in [9.17, 15) is 0 Å². The van der Waals surface area contributed by atoms with Gasteiger partial charge in [0.1, 0.15) is 0 Å². The third-order valence-corrected chi connectivity index (χ3v) is 1.89. The lowest BCUT2D eigenvalue weighted by atomic mass is 10.3. The highest BCUT2D eigenvalue weighted by molar-refractivity contribution is 4.70. The number of rotatable bonds is 0. The first-order valence-electron chi connectivity index (χ1n) is 3.82. The number of hydrogen-bond donors (Lipinski definition) is 0. The molecule has 1 rings (SSSR count). The van der Waals surface area contributed by atoms with Crippen LogP contribution in [0.25, 0.3) is 0 Å². The highest BCUT2D eigenvalue weighted by Gasteiger charge is 2.14. The molecule has 0 aliphatic carbocycles. The molecule has 1 aliphatic heterocycles. The zero-order valence-electron chi connectivity index (χ0n) is 7.55. The van der Waals surface area contributed by atoms with E-state index in [1.54, 1.807) is 14.2 Å². The maximum atomic E-state index is 4.25. The lowest BCUT2D eigenvalue weighted by Gasteiger charge is -2.12. The summed E-state index contributed by atoms with van der Waals surface area (Å²) in [6.45, 7) is 3.59. The maximum Gasteiger partial charge on any atom is 0.0351 e. The van der Waals surface area contributed by atoms with E-state index in [-0.39, 0.29) is 0 Å². The minimum Gasteiger partial charge on any atom is -0.388 e. The van der Waals surface area contributed by atoms with Crippen LogP contribution in [0.1, 0.15) is 19.8 Å². The second-order valence-corrected chi connectivity index (χ2v) is 2.88. The molecule has 0 saturated carbocycles. The normalized spacial score (nSPS) is 25.8. The Labute approximate surface area is 64.2 Å². The van der Waals surface area contributed by atoms with Gasteiger partial charge in [-0.2, -0.15) is 0 Å². The smallest absolute Gasteiger partial charge is 0.0351 e. The Morgan fingerprint density at radius 1 is 1.40 bits per heavy atom. The van der Waals surface area contributed by atoms with E-state index in [0.717, 1.165) is 6.04 Å². The predicted octanol–water partition coefficient (Wildman–Crippen LogP) is 1.36. The van der Waals surface area contributed by atoms with Crippen molar-refractivity contribution in [2.45, 2.75) is 25.8 Å². The number of nitrogens with zero attached hydrogens (tertiary/aromatic N) is 1. The molecule has 1 aliphatic rings. The van der Waals surface area contributed by atoms with Crippen molar-refractivity contribution >= 4 is 0 Å². The fraction of sp³-hybridized carbons (Fsp3) is 1.00. The summed E-state index contributed by atoms with van der Waals surface area (Å²) in [5.74, 6) is 0. The first-order chi connectivity index (χ1) is 4.72. The van der Waals surface area contributed by atoms with Gasteiger partial charge in [0, 0.05) is 20.3 Å². The highest BCUT2D eigenvalue weighted by Crippen LogP contribution is 2.12. The Balaban J connectivity index is 0.000000236. The van der Waals surface area contributed by atoms with Crippen molar-refractivity contribution in [3.8, 4) is 0 Å². The Morgan fingerprint density at radius 3 is 2.00 bits per heavy atom. The Morgan fingerprint density at radius 2 is 1.90 bits per heavy atom. The Bertz CT molecular complexity index is 67.7. The second-order valence-electron chi connectivity index (χ2n) is 2.88. The average molecular weight is 145 g/mol. The molecule has 0 bridgehead atoms. The van der Waals surface area contributed by atoms with Crippen LogP contribution in [0.4, 0.5) is 0 Å². The number of hydrogen-bond acceptors (Lipinski definition) is 2. The van der Waals surface area contributed by atoms with Gasteiger partial charge in [0.05, 0.1) is 0 Å². The third kappa shape index (κ3) is 3.85. The molecule has 0 radical (unpaired) electrons. The molecule has 2 nitrogen and oxygen atoms in total. The van der Waals surface area contributed by atoms with E-state index in [4.69, 9.17) is 0 Å². The molecule has 10 heavy (non-hydrogen) atoms. The summed E-state index contributed by atoms with van der Waals surface area (Å²) in [6.07, 6.45) is 2.80. The molecule has 0 spiro atoms. The summed E-state index contributed by atoms with van der Waals surface area (Å²) in [5, 5.41) is 0. The van der Waals surface area contributed by atoms with Crippen LogP contribution in [0.2, 0.25) is 0 Å². The van der Waals surface area contributed by atoms with E-state index in [0.29, 0.717) is 0 Å². The van der Waals surface area contributed by atoms with Crippen LogP contribution in [0.5, 0.6) is 0 Å². The average Bonchev–Trinajstić information content (AvgIpc) is 2.19. The monoisotopic (exact) mass is 145 g/mol. The van der Waals surface area contributed by atoms with Gasteiger partial charge in [-0.3, -0.25) is 0 Å². The van der Waals surface area contributed by atoms with Crippen LogP contribution < -0.4 is 0 Å². The van der Waals surface area contributed by atoms with Gasteiger partial charge in [0.25, 0.3) is 0 Å². The first kappa shape index (κ1) is 9.92. The molecule has 1 heterocycles. The minimum absolute atomic E-state index is 0.847. The molecule has 0 amide bonds. The van der Waals surface area contributed by atoms with Gasteiger partial charge in [-0.15, -0.1) is 0 Å². The minimum atomic E-state index is 0.847. The van der Waals surface area contributed by atoms with E-state index >= 15 is 0 Å². The summed E-state index contributed by atoms with van der Waals surface area (Å²) < 4.78 is 4.25. The molecular formula is C8H19NO. The zero-order chi connectivity index (χ0) is 7.98. The van der Waals surface area contributed by atoms with Crippen LogP contribution in [0.3, 0.4) is 0 Å². The van der Waals surface area contributed by atoms with Crippen molar-refractivity contribution in [3.63, 3.8) is 0 Å². The number of methoxy groups -OCH3 is 1. The van der Waals surface area contributed by atoms with Crippen LogP contribution >= 0.6 is 0 Å². The van der Waals surface area contributed by atoms with Crippen LogP contribution in [0, 0.1) is 0 Å². The molecule has 62 valence electrons. The first-order valence-corrected chi connectivity index (χ1v) is 3.82. The van der Waals surface area contributed by atoms with Crippen molar-refractivity contribution < 1.29 is 4.74 Å². The van der Waals surface area contributed by atoms with Crippen molar-refractivity contribution in [1.82, 2.24) is 4.90 Å². The predicted molar refractivity (Wildman–Crippen MR) is 44.3 cm³/mol. The summed E-state index contributed by atoms with van der Waals surface area (Å²) in [5.41, 5.74) is 0. The van der Waals surface area contributed by atoms with Crippen molar-refractivity contribution in [3.05, 3.63) is 0 Å². The molecule has 1 fully saturated rings. The highest BCUT2D eigenvalue weighted by atomic mass is 16.4. The van der Waals surface area contributed by atoms with E-state index < -0.39 is 0 Å². The van der Waals surface area contributed by atoms with Crippen molar-refractivity contribution in [2.75, 3.05) is 27.8 Å². The van der Waals surface area contributed by atoms with Gasteiger partial charge in [-0.05, 0) is 33.4 Å². The van der Waals surface area contributed by atoms with E-state index in [2.05, 4.69) is 23.6 Å². The Hall–Kier alpha value is -0.0800. The molecule has 0 aromatic rings. The standard InChI is InChI=1S/C6H13N.C2H6O/c1-6-4-3-5-7(6)2;1-3-2/h6H,3-5H2,1-2H3;1-2H3. The van der Waals surface area contributed by atoms with Gasteiger partial charge in [-0.25, -0.2) is 0 Å². The quantitative estimate of drug-likeness (QED) is 0.510. The van der Waals surface area contributed by atoms with Gasteiger partial charge < -0.3 is 9.64 Å². The molecule has 0 aromatic carbocycles. The van der Waals surface area contributed by atoms with Gasteiger partial charge in [0.15, 0.2) is 0 Å². The van der Waals surface area contributed by atoms with Gasteiger partial charge in [0.2, 0.25) is 0 Å². The third-order valence-electron chi connectivity index (χ3n) is 1.89. The lowest BCUT2D eigenvalue weighted by Crippen LogP contribution is -2.20.